The van der Waals surface area contributed by atoms with Gasteiger partial charge in [0, 0.05) is 36.4 Å². The average molecular weight is 283 g/mol. The van der Waals surface area contributed by atoms with E-state index in [-0.39, 0.29) is 5.56 Å². The van der Waals surface area contributed by atoms with Gasteiger partial charge in [-0.25, -0.2) is 5.10 Å². The second kappa shape index (κ2) is 5.40. The number of nitrogens with one attached hydrogen (secondary N) is 2. The highest BCUT2D eigenvalue weighted by molar-refractivity contribution is 5.83. The van der Waals surface area contributed by atoms with Gasteiger partial charge in [-0.1, -0.05) is 13.0 Å². The Balaban J connectivity index is 1.85. The van der Waals surface area contributed by atoms with Crippen LogP contribution in [0.3, 0.4) is 0 Å². The van der Waals surface area contributed by atoms with Crippen molar-refractivity contribution >= 4 is 16.5 Å². The Kier molecular flexibility index (Phi) is 3.43. The second-order valence-electron chi connectivity index (χ2n) is 4.98. The smallest absolute Gasteiger partial charge is 0.272 e. The molecule has 6 nitrogen and oxygen atoms in total. The third-order valence-electron chi connectivity index (χ3n) is 3.48. The van der Waals surface area contributed by atoms with E-state index >= 15 is 0 Å². The summed E-state index contributed by atoms with van der Waals surface area (Å²) < 4.78 is 1.83. The Hall–Kier alpha value is -2.63. The van der Waals surface area contributed by atoms with E-state index in [1.807, 2.05) is 36.1 Å². The number of benzene rings is 1. The molecule has 2 aromatic heterocycles. The van der Waals surface area contributed by atoms with Crippen LogP contribution in [0.1, 0.15) is 18.2 Å². The van der Waals surface area contributed by atoms with E-state index < -0.39 is 0 Å². The normalized spacial score (nSPS) is 11.0. The first kappa shape index (κ1) is 13.4. The zero-order valence-electron chi connectivity index (χ0n) is 12.1. The van der Waals surface area contributed by atoms with E-state index in [4.69, 9.17) is 0 Å². The van der Waals surface area contributed by atoms with Gasteiger partial charge in [-0.3, -0.25) is 9.48 Å². The van der Waals surface area contributed by atoms with E-state index in [1.54, 1.807) is 6.20 Å². The number of hydrogen-bond donors (Lipinski definition) is 2. The molecule has 3 rings (SSSR count). The van der Waals surface area contributed by atoms with Gasteiger partial charge >= 0.3 is 0 Å². The fourth-order valence-corrected chi connectivity index (χ4v) is 2.42. The van der Waals surface area contributed by atoms with Gasteiger partial charge in [0.05, 0.1) is 17.3 Å². The highest BCUT2D eigenvalue weighted by Crippen LogP contribution is 2.16. The van der Waals surface area contributed by atoms with Gasteiger partial charge in [-0.2, -0.15) is 10.2 Å². The Morgan fingerprint density at radius 2 is 2.24 bits per heavy atom. The third kappa shape index (κ3) is 2.65. The van der Waals surface area contributed by atoms with Gasteiger partial charge in [-0.05, 0) is 18.6 Å². The summed E-state index contributed by atoms with van der Waals surface area (Å²) in [6.45, 7) is 2.78. The molecule has 0 aliphatic heterocycles. The molecule has 0 spiro atoms. The first-order chi connectivity index (χ1) is 10.2. The lowest BCUT2D eigenvalue weighted by atomic mass is 10.1. The van der Waals surface area contributed by atoms with E-state index in [1.165, 1.54) is 5.56 Å². The molecule has 0 aliphatic carbocycles. The molecule has 0 atom stereocenters. The minimum atomic E-state index is -0.174. The van der Waals surface area contributed by atoms with Crippen LogP contribution in [0.2, 0.25) is 0 Å². The molecule has 0 bridgehead atoms. The third-order valence-corrected chi connectivity index (χ3v) is 3.48. The molecule has 2 heterocycles. The largest absolute Gasteiger partial charge is 0.381 e. The SMILES string of the molecule is CCc1nn(C)cc1CNc1ccc2cn[nH]c(=O)c2c1. The van der Waals surface area contributed by atoms with Gasteiger partial charge in [-0.15, -0.1) is 0 Å². The topological polar surface area (TPSA) is 75.6 Å². The number of aromatic amines is 1. The molecular formula is C15H17N5O. The lowest BCUT2D eigenvalue weighted by Gasteiger charge is -2.07. The van der Waals surface area contributed by atoms with Gasteiger partial charge in [0.2, 0.25) is 0 Å². The molecule has 0 unspecified atom stereocenters. The second-order valence-corrected chi connectivity index (χ2v) is 4.98. The summed E-state index contributed by atoms with van der Waals surface area (Å²) in [6, 6.07) is 5.69. The summed E-state index contributed by atoms with van der Waals surface area (Å²) in [5, 5.41) is 15.5. The van der Waals surface area contributed by atoms with Crippen LogP contribution < -0.4 is 10.9 Å². The van der Waals surface area contributed by atoms with Gasteiger partial charge < -0.3 is 5.32 Å². The zero-order valence-corrected chi connectivity index (χ0v) is 12.1. The maximum Gasteiger partial charge on any atom is 0.272 e. The van der Waals surface area contributed by atoms with Crippen molar-refractivity contribution in [2.24, 2.45) is 7.05 Å². The van der Waals surface area contributed by atoms with Crippen molar-refractivity contribution in [1.82, 2.24) is 20.0 Å². The number of aromatic nitrogens is 4. The Morgan fingerprint density at radius 3 is 3.05 bits per heavy atom. The molecule has 0 radical (unpaired) electrons. The summed E-state index contributed by atoms with van der Waals surface area (Å²) in [6.07, 6.45) is 4.57. The van der Waals surface area contributed by atoms with Crippen LogP contribution >= 0.6 is 0 Å². The predicted octanol–water partition coefficient (Wildman–Crippen LogP) is 1.83. The van der Waals surface area contributed by atoms with Crippen LogP contribution in [-0.2, 0) is 20.0 Å². The Bertz CT molecular complexity index is 833. The molecule has 21 heavy (non-hydrogen) atoms. The minimum Gasteiger partial charge on any atom is -0.381 e. The number of aryl methyl sites for hydroxylation is 2. The van der Waals surface area contributed by atoms with Gasteiger partial charge in [0.15, 0.2) is 0 Å². The molecule has 1 aromatic carbocycles. The van der Waals surface area contributed by atoms with Crippen LogP contribution in [0, 0.1) is 0 Å². The van der Waals surface area contributed by atoms with Crippen molar-refractivity contribution in [3.63, 3.8) is 0 Å². The van der Waals surface area contributed by atoms with E-state index in [0.29, 0.717) is 11.9 Å². The fourth-order valence-electron chi connectivity index (χ4n) is 2.42. The monoisotopic (exact) mass is 283 g/mol. The molecule has 6 heteroatoms. The van der Waals surface area contributed by atoms with E-state index in [9.17, 15) is 4.79 Å². The lowest BCUT2D eigenvalue weighted by molar-refractivity contribution is 0.746. The molecule has 0 saturated heterocycles. The zero-order chi connectivity index (χ0) is 14.8. The number of H-pyrrole nitrogens is 1. The summed E-state index contributed by atoms with van der Waals surface area (Å²) in [7, 11) is 1.92. The Labute approximate surface area is 121 Å². The number of hydrogen-bond acceptors (Lipinski definition) is 4. The highest BCUT2D eigenvalue weighted by atomic mass is 16.1. The van der Waals surface area contributed by atoms with Crippen molar-refractivity contribution in [2.45, 2.75) is 19.9 Å². The van der Waals surface area contributed by atoms with E-state index in [2.05, 4.69) is 27.5 Å². The molecule has 2 N–H and O–H groups in total. The van der Waals surface area contributed by atoms with Crippen LogP contribution in [0.5, 0.6) is 0 Å². The summed E-state index contributed by atoms with van der Waals surface area (Å²) in [5.41, 5.74) is 2.99. The average Bonchev–Trinajstić information content (AvgIpc) is 2.86. The van der Waals surface area contributed by atoms with Crippen molar-refractivity contribution in [2.75, 3.05) is 5.32 Å². The summed E-state index contributed by atoms with van der Waals surface area (Å²) >= 11 is 0. The fraction of sp³-hybridized carbons (Fsp3) is 0.267. The molecule has 0 amide bonds. The Morgan fingerprint density at radius 1 is 1.38 bits per heavy atom. The molecule has 0 aliphatic rings. The first-order valence-electron chi connectivity index (χ1n) is 6.90. The highest BCUT2D eigenvalue weighted by Gasteiger charge is 2.06. The lowest BCUT2D eigenvalue weighted by Crippen LogP contribution is -2.08. The van der Waals surface area contributed by atoms with Crippen LogP contribution in [0.25, 0.3) is 10.8 Å². The first-order valence-corrected chi connectivity index (χ1v) is 6.90. The predicted molar refractivity (Wildman–Crippen MR) is 82.3 cm³/mol. The number of rotatable bonds is 4. The maximum absolute atomic E-state index is 11.7. The molecule has 108 valence electrons. The van der Waals surface area contributed by atoms with Crippen LogP contribution in [0.4, 0.5) is 5.69 Å². The number of anilines is 1. The van der Waals surface area contributed by atoms with Crippen molar-refractivity contribution < 1.29 is 0 Å². The quantitative estimate of drug-likeness (QED) is 0.766. The molecule has 0 fully saturated rings. The number of fused-ring (bicyclic) bond motifs is 1. The maximum atomic E-state index is 11.7. The minimum absolute atomic E-state index is 0.174. The number of nitrogens with zero attached hydrogens (tertiary/aromatic N) is 3. The molecule has 3 aromatic rings. The van der Waals surface area contributed by atoms with Crippen LogP contribution in [-0.4, -0.2) is 20.0 Å². The molecular weight excluding hydrogens is 266 g/mol. The van der Waals surface area contributed by atoms with Gasteiger partial charge in [0.1, 0.15) is 0 Å². The summed E-state index contributed by atoms with van der Waals surface area (Å²) in [4.78, 5) is 11.7. The van der Waals surface area contributed by atoms with Crippen molar-refractivity contribution in [3.8, 4) is 0 Å². The van der Waals surface area contributed by atoms with Crippen molar-refractivity contribution in [3.05, 3.63) is 52.2 Å². The van der Waals surface area contributed by atoms with Crippen LogP contribution in [0.15, 0.2) is 35.4 Å². The van der Waals surface area contributed by atoms with Gasteiger partial charge in [0.25, 0.3) is 5.56 Å². The summed E-state index contributed by atoms with van der Waals surface area (Å²) in [5.74, 6) is 0. The molecule has 0 saturated carbocycles. The van der Waals surface area contributed by atoms with Crippen molar-refractivity contribution in [1.29, 1.82) is 0 Å². The standard InChI is InChI=1S/C15H17N5O/c1-3-14-11(9-20(2)19-14)7-16-12-5-4-10-8-17-18-15(21)13(10)6-12/h4-6,8-9,16H,3,7H2,1-2H3,(H,18,21). The van der Waals surface area contributed by atoms with E-state index in [0.717, 1.165) is 23.2 Å².